The van der Waals surface area contributed by atoms with E-state index in [1.54, 1.807) is 11.7 Å². The summed E-state index contributed by atoms with van der Waals surface area (Å²) in [6.45, 7) is 0.560. The van der Waals surface area contributed by atoms with Crippen molar-refractivity contribution in [2.75, 3.05) is 7.11 Å². The van der Waals surface area contributed by atoms with Gasteiger partial charge in [-0.2, -0.15) is 0 Å². The highest BCUT2D eigenvalue weighted by atomic mass is 79.9. The van der Waals surface area contributed by atoms with Crippen molar-refractivity contribution in [1.29, 1.82) is 0 Å². The number of nitrogens with zero attached hydrogens (tertiary/aromatic N) is 2. The average Bonchev–Trinajstić information content (AvgIpc) is 2.73. The van der Waals surface area contributed by atoms with Gasteiger partial charge in [0.1, 0.15) is 5.75 Å². The van der Waals surface area contributed by atoms with Gasteiger partial charge in [-0.15, -0.1) is 0 Å². The van der Waals surface area contributed by atoms with Gasteiger partial charge < -0.3 is 10.5 Å². The molecule has 0 unspecified atom stereocenters. The van der Waals surface area contributed by atoms with Crippen LogP contribution in [0, 0.1) is 0 Å². The largest absolute Gasteiger partial charge is 0.496 e. The van der Waals surface area contributed by atoms with Gasteiger partial charge in [0.25, 0.3) is 5.56 Å². The number of primary amides is 1. The first-order chi connectivity index (χ1) is 14.5. The second kappa shape index (κ2) is 10.6. The maximum absolute atomic E-state index is 13.1. The monoisotopic (exact) mass is 489 g/mol. The maximum Gasteiger partial charge on any atom is 0.262 e. The molecule has 30 heavy (non-hydrogen) atoms. The molecule has 0 bridgehead atoms. The number of hydrogen-bond acceptors (Lipinski definition) is 5. The summed E-state index contributed by atoms with van der Waals surface area (Å²) >= 11 is 5.05. The van der Waals surface area contributed by atoms with E-state index in [0.29, 0.717) is 34.8 Å². The van der Waals surface area contributed by atoms with Crippen LogP contribution < -0.4 is 16.0 Å². The molecule has 0 fully saturated rings. The van der Waals surface area contributed by atoms with E-state index in [1.807, 2.05) is 42.5 Å². The number of carbonyl (C=O) groups is 1. The van der Waals surface area contributed by atoms with Crippen LogP contribution in [0.1, 0.15) is 31.2 Å². The van der Waals surface area contributed by atoms with Crippen LogP contribution in [0.4, 0.5) is 0 Å². The van der Waals surface area contributed by atoms with Crippen LogP contribution >= 0.6 is 27.7 Å². The Balaban J connectivity index is 1.81. The van der Waals surface area contributed by atoms with Gasteiger partial charge in [0.2, 0.25) is 5.91 Å². The molecule has 8 heteroatoms. The number of fused-ring (bicyclic) bond motifs is 1. The minimum Gasteiger partial charge on any atom is -0.496 e. The lowest BCUT2D eigenvalue weighted by Crippen LogP contribution is -2.23. The van der Waals surface area contributed by atoms with Gasteiger partial charge in [-0.3, -0.25) is 14.2 Å². The van der Waals surface area contributed by atoms with Gasteiger partial charge in [-0.1, -0.05) is 36.4 Å². The predicted octanol–water partition coefficient (Wildman–Crippen LogP) is 4.51. The standard InChI is InChI=1S/C22H24BrN3O3S/c1-29-19-11-10-15(13-17(19)23)14-30-22-25-18-8-5-4-7-16(18)21(28)26(22)12-6-2-3-9-20(24)27/h4-5,7-8,10-11,13H,2-3,6,9,12,14H2,1H3,(H2,24,27). The van der Waals surface area contributed by atoms with E-state index in [0.717, 1.165) is 35.0 Å². The summed E-state index contributed by atoms with van der Waals surface area (Å²) in [7, 11) is 1.63. The van der Waals surface area contributed by atoms with E-state index in [9.17, 15) is 9.59 Å². The highest BCUT2D eigenvalue weighted by Crippen LogP contribution is 2.29. The van der Waals surface area contributed by atoms with E-state index in [4.69, 9.17) is 15.5 Å². The smallest absolute Gasteiger partial charge is 0.262 e. The summed E-state index contributed by atoms with van der Waals surface area (Å²) < 4.78 is 7.92. The van der Waals surface area contributed by atoms with E-state index < -0.39 is 0 Å². The van der Waals surface area contributed by atoms with Crippen LogP contribution in [0.2, 0.25) is 0 Å². The quantitative estimate of drug-likeness (QED) is 0.257. The van der Waals surface area contributed by atoms with Gasteiger partial charge >= 0.3 is 0 Å². The zero-order chi connectivity index (χ0) is 21.5. The number of benzene rings is 2. The van der Waals surface area contributed by atoms with Crippen LogP contribution in [-0.2, 0) is 17.1 Å². The Morgan fingerprint density at radius 3 is 2.73 bits per heavy atom. The van der Waals surface area contributed by atoms with Crippen molar-refractivity contribution in [2.24, 2.45) is 5.73 Å². The Labute approximate surface area is 188 Å². The van der Waals surface area contributed by atoms with Gasteiger partial charge in [0, 0.05) is 18.7 Å². The fraction of sp³-hybridized carbons (Fsp3) is 0.318. The number of methoxy groups -OCH3 is 1. The number of halogens is 1. The molecule has 0 aliphatic heterocycles. The average molecular weight is 490 g/mol. The fourth-order valence-electron chi connectivity index (χ4n) is 3.15. The van der Waals surface area contributed by atoms with E-state index in [2.05, 4.69) is 15.9 Å². The minimum absolute atomic E-state index is 0.0334. The zero-order valence-electron chi connectivity index (χ0n) is 16.8. The number of ether oxygens (including phenoxy) is 1. The third-order valence-electron chi connectivity index (χ3n) is 4.72. The van der Waals surface area contributed by atoms with E-state index >= 15 is 0 Å². The second-order valence-corrected chi connectivity index (χ2v) is 8.70. The molecule has 0 radical (unpaired) electrons. The second-order valence-electron chi connectivity index (χ2n) is 6.90. The Bertz CT molecular complexity index is 1100. The molecule has 2 aromatic carbocycles. The van der Waals surface area contributed by atoms with Crippen molar-refractivity contribution in [3.63, 3.8) is 0 Å². The lowest BCUT2D eigenvalue weighted by atomic mass is 10.2. The van der Waals surface area contributed by atoms with E-state index in [-0.39, 0.29) is 11.5 Å². The SMILES string of the molecule is COc1ccc(CSc2nc3ccccc3c(=O)n2CCCCCC(N)=O)cc1Br. The summed E-state index contributed by atoms with van der Waals surface area (Å²) in [4.78, 5) is 28.7. The summed E-state index contributed by atoms with van der Waals surface area (Å²) in [5.41, 5.74) is 6.97. The molecule has 158 valence electrons. The van der Waals surface area contributed by atoms with Gasteiger partial charge in [0.05, 0.1) is 22.5 Å². The first-order valence-electron chi connectivity index (χ1n) is 9.72. The van der Waals surface area contributed by atoms with Crippen molar-refractivity contribution < 1.29 is 9.53 Å². The molecule has 0 saturated heterocycles. The number of amides is 1. The summed E-state index contributed by atoms with van der Waals surface area (Å²) in [6, 6.07) is 13.3. The normalized spacial score (nSPS) is 11.0. The molecule has 1 heterocycles. The van der Waals surface area contributed by atoms with Crippen LogP contribution in [0.15, 0.2) is 56.9 Å². The van der Waals surface area contributed by atoms with Crippen LogP contribution in [0.25, 0.3) is 10.9 Å². The number of rotatable bonds is 10. The molecule has 2 N–H and O–H groups in total. The van der Waals surface area contributed by atoms with Crippen molar-refractivity contribution in [1.82, 2.24) is 9.55 Å². The Kier molecular flexibility index (Phi) is 7.93. The molecule has 3 rings (SSSR count). The molecule has 0 aliphatic rings. The predicted molar refractivity (Wildman–Crippen MR) is 124 cm³/mol. The number of aromatic nitrogens is 2. The van der Waals surface area contributed by atoms with Crippen LogP contribution in [-0.4, -0.2) is 22.6 Å². The molecule has 6 nitrogen and oxygen atoms in total. The minimum atomic E-state index is -0.290. The number of thioether (sulfide) groups is 1. The summed E-state index contributed by atoms with van der Waals surface area (Å²) in [5.74, 6) is 1.16. The van der Waals surface area contributed by atoms with Crippen molar-refractivity contribution >= 4 is 44.5 Å². The van der Waals surface area contributed by atoms with Crippen molar-refractivity contribution in [2.45, 2.75) is 43.1 Å². The Morgan fingerprint density at radius 2 is 2.00 bits per heavy atom. The fourth-order valence-corrected chi connectivity index (χ4v) is 4.70. The topological polar surface area (TPSA) is 87.2 Å². The number of nitrogens with two attached hydrogens (primary N) is 1. The highest BCUT2D eigenvalue weighted by Gasteiger charge is 2.12. The number of unbranched alkanes of at least 4 members (excludes halogenated alkanes) is 2. The van der Waals surface area contributed by atoms with Crippen molar-refractivity contribution in [3.05, 3.63) is 62.9 Å². The molecule has 1 amide bonds. The molecule has 0 atom stereocenters. The third-order valence-corrected chi connectivity index (χ3v) is 6.38. The van der Waals surface area contributed by atoms with Crippen LogP contribution in [0.5, 0.6) is 5.75 Å². The Hall–Kier alpha value is -2.32. The summed E-state index contributed by atoms with van der Waals surface area (Å²) in [6.07, 6.45) is 2.72. The van der Waals surface area contributed by atoms with Gasteiger partial charge in [0.15, 0.2) is 5.16 Å². The Morgan fingerprint density at radius 1 is 1.20 bits per heavy atom. The van der Waals surface area contributed by atoms with E-state index in [1.165, 1.54) is 11.8 Å². The number of hydrogen-bond donors (Lipinski definition) is 1. The van der Waals surface area contributed by atoms with Gasteiger partial charge in [-0.05, 0) is 58.6 Å². The number of carbonyl (C=O) groups excluding carboxylic acids is 1. The summed E-state index contributed by atoms with van der Waals surface area (Å²) in [5, 5.41) is 1.31. The first kappa shape index (κ1) is 22.4. The molecular weight excluding hydrogens is 466 g/mol. The molecular formula is C22H24BrN3O3S. The highest BCUT2D eigenvalue weighted by molar-refractivity contribution is 9.10. The van der Waals surface area contributed by atoms with Gasteiger partial charge in [-0.25, -0.2) is 4.98 Å². The lowest BCUT2D eigenvalue weighted by molar-refractivity contribution is -0.118. The maximum atomic E-state index is 13.1. The molecule has 1 aromatic heterocycles. The third kappa shape index (κ3) is 5.64. The first-order valence-corrected chi connectivity index (χ1v) is 11.5. The lowest BCUT2D eigenvalue weighted by Gasteiger charge is -2.13. The molecule has 0 saturated carbocycles. The van der Waals surface area contributed by atoms with Crippen molar-refractivity contribution in [3.8, 4) is 5.75 Å². The molecule has 0 spiro atoms. The molecule has 3 aromatic rings. The molecule has 0 aliphatic carbocycles. The zero-order valence-corrected chi connectivity index (χ0v) is 19.2. The van der Waals surface area contributed by atoms with Crippen LogP contribution in [0.3, 0.4) is 0 Å². The number of para-hydroxylation sites is 1.